The van der Waals surface area contributed by atoms with E-state index < -0.39 is 0 Å². The molecule has 0 bridgehead atoms. The summed E-state index contributed by atoms with van der Waals surface area (Å²) in [5.74, 6) is 0.445. The van der Waals surface area contributed by atoms with Gasteiger partial charge in [0.2, 0.25) is 5.91 Å². The first-order valence-electron chi connectivity index (χ1n) is 12.2. The second-order valence-corrected chi connectivity index (χ2v) is 9.79. The van der Waals surface area contributed by atoms with Crippen LogP contribution in [0.15, 0.2) is 24.3 Å². The van der Waals surface area contributed by atoms with Crippen LogP contribution in [0.1, 0.15) is 49.7 Å². The van der Waals surface area contributed by atoms with Crippen molar-refractivity contribution in [1.82, 2.24) is 15.1 Å². The van der Waals surface area contributed by atoms with Gasteiger partial charge in [-0.3, -0.25) is 9.69 Å². The van der Waals surface area contributed by atoms with E-state index in [1.165, 1.54) is 38.8 Å². The third-order valence-corrected chi connectivity index (χ3v) is 7.99. The van der Waals surface area contributed by atoms with E-state index in [0.717, 1.165) is 45.4 Å². The number of nitrogens with zero attached hydrogens (tertiary/aromatic N) is 2. The smallest absolute Gasteiger partial charge is 0.223 e. The van der Waals surface area contributed by atoms with Gasteiger partial charge in [0.25, 0.3) is 0 Å². The molecule has 1 atom stereocenters. The molecule has 0 spiro atoms. The Morgan fingerprint density at radius 1 is 0.900 bits per heavy atom. The Morgan fingerprint density at radius 3 is 2.17 bits per heavy atom. The number of carbonyl (C=O) groups excluding carboxylic acids is 1. The van der Waals surface area contributed by atoms with E-state index in [9.17, 15) is 4.79 Å². The third kappa shape index (κ3) is 4.58. The van der Waals surface area contributed by atoms with Gasteiger partial charge in [-0.05, 0) is 88.7 Å². The molecule has 0 radical (unpaired) electrons. The molecule has 3 saturated heterocycles. The summed E-state index contributed by atoms with van der Waals surface area (Å²) in [5, 5.41) is 3.14. The second kappa shape index (κ2) is 9.37. The van der Waals surface area contributed by atoms with Crippen molar-refractivity contribution in [3.63, 3.8) is 0 Å². The van der Waals surface area contributed by atoms with Crippen LogP contribution in [0.3, 0.4) is 0 Å². The standard InChI is InChI=1S/C25H37N3O2/c29-25(26-18-24-6-3-15-30-24)19-7-11-27(12-8-19)22-9-13-28(14-10-22)23-16-20-4-1-2-5-21(20)17-23/h1-2,4-5,19,22-24H,3,6-18H2,(H,26,29). The van der Waals surface area contributed by atoms with E-state index >= 15 is 0 Å². The number of ether oxygens (including phenoxy) is 1. The molecule has 1 aromatic carbocycles. The molecule has 1 N–H and O–H groups in total. The van der Waals surface area contributed by atoms with Crippen LogP contribution in [0.5, 0.6) is 0 Å². The van der Waals surface area contributed by atoms with Gasteiger partial charge in [-0.25, -0.2) is 0 Å². The SMILES string of the molecule is O=C(NCC1CCCO1)C1CCN(C2CCN(C3Cc4ccccc4C3)CC2)CC1. The van der Waals surface area contributed by atoms with Crippen molar-refractivity contribution in [2.24, 2.45) is 5.92 Å². The van der Waals surface area contributed by atoms with E-state index in [0.29, 0.717) is 18.6 Å². The van der Waals surface area contributed by atoms with E-state index in [2.05, 4.69) is 39.4 Å². The fourth-order valence-corrected chi connectivity index (χ4v) is 6.10. The Kier molecular flexibility index (Phi) is 6.40. The van der Waals surface area contributed by atoms with Gasteiger partial charge in [-0.15, -0.1) is 0 Å². The number of carbonyl (C=O) groups is 1. The number of hydrogen-bond acceptors (Lipinski definition) is 4. The molecule has 0 saturated carbocycles. The maximum absolute atomic E-state index is 12.5. The molecule has 1 aliphatic carbocycles. The molecule has 0 aromatic heterocycles. The van der Waals surface area contributed by atoms with Crippen LogP contribution < -0.4 is 5.32 Å². The van der Waals surface area contributed by atoms with Crippen LogP contribution in [0.25, 0.3) is 0 Å². The van der Waals surface area contributed by atoms with Crippen molar-refractivity contribution >= 4 is 5.91 Å². The Labute approximate surface area is 181 Å². The van der Waals surface area contributed by atoms with Gasteiger partial charge in [0, 0.05) is 31.2 Å². The highest BCUT2D eigenvalue weighted by Gasteiger charge is 2.34. The molecular weight excluding hydrogens is 374 g/mol. The maximum Gasteiger partial charge on any atom is 0.223 e. The number of fused-ring (bicyclic) bond motifs is 1. The van der Waals surface area contributed by atoms with Gasteiger partial charge < -0.3 is 15.0 Å². The fraction of sp³-hybridized carbons (Fsp3) is 0.720. The van der Waals surface area contributed by atoms with Gasteiger partial charge in [0.05, 0.1) is 6.10 Å². The highest BCUT2D eigenvalue weighted by atomic mass is 16.5. The Balaban J connectivity index is 1.03. The summed E-state index contributed by atoms with van der Waals surface area (Å²) in [6.07, 6.45) is 9.50. The van der Waals surface area contributed by atoms with Crippen LogP contribution in [-0.2, 0) is 22.4 Å². The minimum Gasteiger partial charge on any atom is -0.376 e. The first-order valence-corrected chi connectivity index (χ1v) is 12.2. The molecule has 5 nitrogen and oxygen atoms in total. The molecule has 5 rings (SSSR count). The van der Waals surface area contributed by atoms with Crippen LogP contribution >= 0.6 is 0 Å². The monoisotopic (exact) mass is 411 g/mol. The summed E-state index contributed by atoms with van der Waals surface area (Å²) < 4.78 is 5.62. The van der Waals surface area contributed by atoms with Crippen LogP contribution in [-0.4, -0.2) is 73.2 Å². The average molecular weight is 412 g/mol. The van der Waals surface area contributed by atoms with Crippen molar-refractivity contribution in [3.8, 4) is 0 Å². The first-order chi connectivity index (χ1) is 14.8. The first kappa shape index (κ1) is 20.5. The molecule has 3 aliphatic heterocycles. The topological polar surface area (TPSA) is 44.8 Å². The van der Waals surface area contributed by atoms with Crippen molar-refractivity contribution in [2.75, 3.05) is 39.3 Å². The van der Waals surface area contributed by atoms with Crippen molar-refractivity contribution in [2.45, 2.75) is 69.6 Å². The second-order valence-electron chi connectivity index (χ2n) is 9.79. The zero-order valence-electron chi connectivity index (χ0n) is 18.2. The lowest BCUT2D eigenvalue weighted by Crippen LogP contribution is -2.51. The quantitative estimate of drug-likeness (QED) is 0.809. The van der Waals surface area contributed by atoms with Crippen molar-refractivity contribution in [1.29, 1.82) is 0 Å². The lowest BCUT2D eigenvalue weighted by atomic mass is 9.92. The van der Waals surface area contributed by atoms with Crippen molar-refractivity contribution in [3.05, 3.63) is 35.4 Å². The molecule has 3 heterocycles. The maximum atomic E-state index is 12.5. The lowest BCUT2D eigenvalue weighted by Gasteiger charge is -2.43. The molecule has 164 valence electrons. The van der Waals surface area contributed by atoms with Gasteiger partial charge in [0.15, 0.2) is 0 Å². The summed E-state index contributed by atoms with van der Waals surface area (Å²) in [4.78, 5) is 17.9. The summed E-state index contributed by atoms with van der Waals surface area (Å²) >= 11 is 0. The minimum atomic E-state index is 0.194. The number of amides is 1. The number of nitrogens with one attached hydrogen (secondary N) is 1. The Morgan fingerprint density at radius 2 is 1.53 bits per heavy atom. The zero-order valence-corrected chi connectivity index (χ0v) is 18.2. The van der Waals surface area contributed by atoms with Gasteiger partial charge in [-0.2, -0.15) is 0 Å². The zero-order chi connectivity index (χ0) is 20.3. The third-order valence-electron chi connectivity index (χ3n) is 7.99. The number of rotatable bonds is 5. The summed E-state index contributed by atoms with van der Waals surface area (Å²) in [6, 6.07) is 10.4. The van der Waals surface area contributed by atoms with E-state index in [1.807, 2.05) is 0 Å². The minimum absolute atomic E-state index is 0.194. The Hall–Kier alpha value is -1.43. The van der Waals surface area contributed by atoms with Crippen LogP contribution in [0.2, 0.25) is 0 Å². The molecular formula is C25H37N3O2. The number of piperidine rings is 2. The predicted molar refractivity (Wildman–Crippen MR) is 119 cm³/mol. The Bertz CT molecular complexity index is 692. The molecule has 30 heavy (non-hydrogen) atoms. The molecule has 4 aliphatic rings. The molecule has 1 unspecified atom stereocenters. The number of likely N-dealkylation sites (tertiary alicyclic amines) is 2. The van der Waals surface area contributed by atoms with Crippen LogP contribution in [0, 0.1) is 5.92 Å². The average Bonchev–Trinajstić information content (AvgIpc) is 3.47. The van der Waals surface area contributed by atoms with Gasteiger partial charge >= 0.3 is 0 Å². The van der Waals surface area contributed by atoms with Crippen LogP contribution in [0.4, 0.5) is 0 Å². The lowest BCUT2D eigenvalue weighted by molar-refractivity contribution is -0.127. The summed E-state index contributed by atoms with van der Waals surface area (Å²) in [5.41, 5.74) is 3.12. The van der Waals surface area contributed by atoms with Gasteiger partial charge in [0.1, 0.15) is 0 Å². The highest BCUT2D eigenvalue weighted by Crippen LogP contribution is 2.29. The highest BCUT2D eigenvalue weighted by molar-refractivity contribution is 5.78. The largest absolute Gasteiger partial charge is 0.376 e. The predicted octanol–water partition coefficient (Wildman–Crippen LogP) is 2.63. The van der Waals surface area contributed by atoms with E-state index in [1.54, 1.807) is 11.1 Å². The summed E-state index contributed by atoms with van der Waals surface area (Å²) in [7, 11) is 0. The molecule has 1 amide bonds. The number of benzene rings is 1. The van der Waals surface area contributed by atoms with E-state index in [-0.39, 0.29) is 17.9 Å². The fourth-order valence-electron chi connectivity index (χ4n) is 6.10. The van der Waals surface area contributed by atoms with Gasteiger partial charge in [-0.1, -0.05) is 24.3 Å². The molecule has 5 heteroatoms. The molecule has 3 fully saturated rings. The summed E-state index contributed by atoms with van der Waals surface area (Å²) in [6.45, 7) is 6.17. The van der Waals surface area contributed by atoms with Crippen molar-refractivity contribution < 1.29 is 9.53 Å². The molecule has 1 aromatic rings. The normalized spacial score (nSPS) is 27.4. The number of hydrogen-bond donors (Lipinski definition) is 1. The van der Waals surface area contributed by atoms with E-state index in [4.69, 9.17) is 4.74 Å².